The number of aliphatic carboxylic acids is 1. The number of hydrogen-bond donors (Lipinski definition) is 0. The summed E-state index contributed by atoms with van der Waals surface area (Å²) in [6.07, 6.45) is 4.00. The number of nitrogens with zero attached hydrogens (tertiary/aromatic N) is 1. The largest absolute Gasteiger partial charge is 0.545 e. The van der Waals surface area contributed by atoms with Crippen LogP contribution in [0, 0.1) is 0 Å². The van der Waals surface area contributed by atoms with Crippen LogP contribution < -0.4 is 5.11 Å². The van der Waals surface area contributed by atoms with Gasteiger partial charge in [0.1, 0.15) is 0 Å². The molecule has 1 aromatic rings. The first-order chi connectivity index (χ1) is 6.24. The molecule has 0 aliphatic carbocycles. The molecule has 0 saturated carbocycles. The molecule has 68 valence electrons. The van der Waals surface area contributed by atoms with Crippen molar-refractivity contribution in [2.75, 3.05) is 0 Å². The molecule has 13 heavy (non-hydrogen) atoms. The van der Waals surface area contributed by atoms with Crippen molar-refractivity contribution in [1.29, 1.82) is 0 Å². The zero-order valence-corrected chi connectivity index (χ0v) is 8.32. The number of carbonyl (C=O) groups is 1. The van der Waals surface area contributed by atoms with E-state index in [1.165, 1.54) is 6.08 Å². The Labute approximate surface area is 84.2 Å². The highest BCUT2D eigenvalue weighted by Crippen LogP contribution is 2.10. The van der Waals surface area contributed by atoms with Crippen LogP contribution in [0.5, 0.6) is 0 Å². The molecule has 0 unspecified atom stereocenters. The van der Waals surface area contributed by atoms with Crippen LogP contribution in [0.25, 0.3) is 6.08 Å². The highest BCUT2D eigenvalue weighted by Gasteiger charge is 1.96. The second kappa shape index (κ2) is 4.77. The summed E-state index contributed by atoms with van der Waals surface area (Å²) in [5.74, 6) is -1.22. The number of pyridine rings is 1. The Morgan fingerprint density at radius 1 is 1.69 bits per heavy atom. The molecule has 4 heteroatoms. The number of carbonyl (C=O) groups excluding carboxylic acids is 1. The number of hydrogen-bond acceptors (Lipinski definition) is 3. The Morgan fingerprint density at radius 2 is 2.46 bits per heavy atom. The van der Waals surface area contributed by atoms with Crippen LogP contribution in [0.3, 0.4) is 0 Å². The maximum Gasteiger partial charge on any atom is 0.0670 e. The van der Waals surface area contributed by atoms with Crippen LogP contribution >= 0.6 is 15.9 Å². The zero-order chi connectivity index (χ0) is 9.68. The van der Waals surface area contributed by atoms with Gasteiger partial charge in [-0.05, 0) is 23.8 Å². The molecule has 0 bridgehead atoms. The van der Waals surface area contributed by atoms with Crippen LogP contribution in [0.15, 0.2) is 24.4 Å². The van der Waals surface area contributed by atoms with E-state index in [0.717, 1.165) is 11.6 Å². The van der Waals surface area contributed by atoms with Crippen molar-refractivity contribution in [1.82, 2.24) is 4.98 Å². The van der Waals surface area contributed by atoms with E-state index in [4.69, 9.17) is 0 Å². The summed E-state index contributed by atoms with van der Waals surface area (Å²) in [5, 5.41) is 10.8. The third-order valence-corrected chi connectivity index (χ3v) is 2.05. The second-order valence-electron chi connectivity index (χ2n) is 2.33. The summed E-state index contributed by atoms with van der Waals surface area (Å²) >= 11 is 3.28. The molecule has 1 aromatic heterocycles. The third kappa shape index (κ3) is 2.99. The molecule has 1 heterocycles. The standard InChI is InChI=1S/C9H8BrNO2/c10-6-7-2-1-5-11-8(7)3-4-9(12)13/h1-5H,6H2,(H,12,13)/p-1/b4-3+. The summed E-state index contributed by atoms with van der Waals surface area (Å²) in [6.45, 7) is 0. The van der Waals surface area contributed by atoms with E-state index in [0.29, 0.717) is 11.0 Å². The molecule has 0 saturated heterocycles. The fraction of sp³-hybridized carbons (Fsp3) is 0.111. The molecule has 1 rings (SSSR count). The van der Waals surface area contributed by atoms with Crippen LogP contribution in [-0.4, -0.2) is 11.0 Å². The first kappa shape index (κ1) is 9.92. The topological polar surface area (TPSA) is 53.0 Å². The Kier molecular flexibility index (Phi) is 3.64. The molecule has 0 radical (unpaired) electrons. The zero-order valence-electron chi connectivity index (χ0n) is 6.74. The average Bonchev–Trinajstić information content (AvgIpc) is 2.15. The molecule has 0 spiro atoms. The Balaban J connectivity index is 2.93. The van der Waals surface area contributed by atoms with Crippen molar-refractivity contribution in [3.8, 4) is 0 Å². The second-order valence-corrected chi connectivity index (χ2v) is 2.89. The summed E-state index contributed by atoms with van der Waals surface area (Å²) in [5.41, 5.74) is 1.59. The molecular weight excluding hydrogens is 234 g/mol. The van der Waals surface area contributed by atoms with Gasteiger partial charge in [0.25, 0.3) is 0 Å². The van der Waals surface area contributed by atoms with Crippen LogP contribution in [0.2, 0.25) is 0 Å². The van der Waals surface area contributed by atoms with E-state index in [9.17, 15) is 9.90 Å². The van der Waals surface area contributed by atoms with Gasteiger partial charge in [-0.3, -0.25) is 4.98 Å². The number of carboxylic acid groups (broad SMARTS) is 1. The maximum atomic E-state index is 10.1. The van der Waals surface area contributed by atoms with Crippen molar-refractivity contribution in [2.24, 2.45) is 0 Å². The van der Waals surface area contributed by atoms with Crippen LogP contribution in [0.4, 0.5) is 0 Å². The van der Waals surface area contributed by atoms with E-state index in [2.05, 4.69) is 20.9 Å². The summed E-state index contributed by atoms with van der Waals surface area (Å²) in [7, 11) is 0. The van der Waals surface area contributed by atoms with Crippen LogP contribution in [0.1, 0.15) is 11.3 Å². The van der Waals surface area contributed by atoms with E-state index < -0.39 is 5.97 Å². The monoisotopic (exact) mass is 240 g/mol. The fourth-order valence-electron chi connectivity index (χ4n) is 0.861. The molecular formula is C9H7BrNO2-. The average molecular weight is 241 g/mol. The van der Waals surface area contributed by atoms with Crippen molar-refractivity contribution in [3.63, 3.8) is 0 Å². The lowest BCUT2D eigenvalue weighted by molar-refractivity contribution is -0.297. The number of rotatable bonds is 3. The normalized spacial score (nSPS) is 10.5. The maximum absolute atomic E-state index is 10.1. The number of carboxylic acids is 1. The van der Waals surface area contributed by atoms with E-state index in [1.54, 1.807) is 12.3 Å². The van der Waals surface area contributed by atoms with E-state index in [1.807, 2.05) is 6.07 Å². The first-order valence-electron chi connectivity index (χ1n) is 3.63. The lowest BCUT2D eigenvalue weighted by Crippen LogP contribution is -2.18. The predicted octanol–water partition coefficient (Wildman–Crippen LogP) is 0.740. The number of alkyl halides is 1. The minimum Gasteiger partial charge on any atom is -0.545 e. The van der Waals surface area contributed by atoms with Gasteiger partial charge < -0.3 is 9.90 Å². The van der Waals surface area contributed by atoms with Gasteiger partial charge in [-0.15, -0.1) is 0 Å². The molecule has 3 nitrogen and oxygen atoms in total. The summed E-state index contributed by atoms with van der Waals surface area (Å²) < 4.78 is 0. The molecule has 0 fully saturated rings. The minimum absolute atomic E-state index is 0.642. The SMILES string of the molecule is O=C([O-])/C=C/c1ncccc1CBr. The van der Waals surface area contributed by atoms with Gasteiger partial charge in [-0.25, -0.2) is 0 Å². The van der Waals surface area contributed by atoms with Crippen molar-refractivity contribution >= 4 is 28.0 Å². The van der Waals surface area contributed by atoms with Crippen LogP contribution in [-0.2, 0) is 10.1 Å². The highest BCUT2D eigenvalue weighted by atomic mass is 79.9. The fourth-order valence-corrected chi connectivity index (χ4v) is 1.34. The van der Waals surface area contributed by atoms with Gasteiger partial charge in [0.15, 0.2) is 0 Å². The van der Waals surface area contributed by atoms with Gasteiger partial charge in [-0.2, -0.15) is 0 Å². The smallest absolute Gasteiger partial charge is 0.0670 e. The van der Waals surface area contributed by atoms with Gasteiger partial charge in [0.2, 0.25) is 0 Å². The lowest BCUT2D eigenvalue weighted by atomic mass is 10.2. The lowest BCUT2D eigenvalue weighted by Gasteiger charge is -1.99. The molecule has 0 amide bonds. The molecule has 0 aliphatic heterocycles. The minimum atomic E-state index is -1.22. The van der Waals surface area contributed by atoms with E-state index in [-0.39, 0.29) is 0 Å². The van der Waals surface area contributed by atoms with Gasteiger partial charge in [0, 0.05) is 11.5 Å². The molecule has 0 atom stereocenters. The van der Waals surface area contributed by atoms with Crippen molar-refractivity contribution in [3.05, 3.63) is 35.7 Å². The number of aromatic nitrogens is 1. The van der Waals surface area contributed by atoms with Crippen molar-refractivity contribution in [2.45, 2.75) is 5.33 Å². The first-order valence-corrected chi connectivity index (χ1v) is 4.75. The molecule has 0 aromatic carbocycles. The third-order valence-electron chi connectivity index (χ3n) is 1.45. The number of halogens is 1. The highest BCUT2D eigenvalue weighted by molar-refractivity contribution is 9.08. The van der Waals surface area contributed by atoms with E-state index >= 15 is 0 Å². The molecule has 0 N–H and O–H groups in total. The Hall–Kier alpha value is -1.16. The Bertz CT molecular complexity index is 336. The molecule has 0 aliphatic rings. The summed E-state index contributed by atoms with van der Waals surface area (Å²) in [6, 6.07) is 3.67. The Morgan fingerprint density at radius 3 is 3.08 bits per heavy atom. The van der Waals surface area contributed by atoms with Crippen molar-refractivity contribution < 1.29 is 9.90 Å². The predicted molar refractivity (Wildman–Crippen MR) is 50.9 cm³/mol. The van der Waals surface area contributed by atoms with Gasteiger partial charge in [-0.1, -0.05) is 22.0 Å². The quantitative estimate of drug-likeness (QED) is 0.579. The van der Waals surface area contributed by atoms with Gasteiger partial charge in [0.05, 0.1) is 11.7 Å². The van der Waals surface area contributed by atoms with Gasteiger partial charge >= 0.3 is 0 Å². The summed E-state index contributed by atoms with van der Waals surface area (Å²) in [4.78, 5) is 14.1.